The second-order valence-electron chi connectivity index (χ2n) is 6.77. The van der Waals surface area contributed by atoms with Crippen LogP contribution in [0.2, 0.25) is 0 Å². The fraction of sp³-hybridized carbons (Fsp3) is 0.750. The molecule has 1 aliphatic heterocycles. The first kappa shape index (κ1) is 20.1. The number of carbonyl (C=O) groups excluding carboxylic acids is 1. The molecule has 1 aliphatic rings. The van der Waals surface area contributed by atoms with Gasteiger partial charge >= 0.3 is 0 Å². The van der Waals surface area contributed by atoms with Gasteiger partial charge in [0.1, 0.15) is 0 Å². The molecule has 1 saturated heterocycles. The summed E-state index contributed by atoms with van der Waals surface area (Å²) in [7, 11) is -1.67. The van der Waals surface area contributed by atoms with Crippen LogP contribution in [0, 0.1) is 11.8 Å². The number of hydrogen-bond acceptors (Lipinski definition) is 7. The van der Waals surface area contributed by atoms with Crippen molar-refractivity contribution < 1.29 is 17.9 Å². The SMILES string of the molecule is CCC(NC(=O)[C@@H]1CS(=O)(=O)C[C@H]1NCc1cc(OC)ns1)C(C)C. The van der Waals surface area contributed by atoms with Gasteiger partial charge in [-0.05, 0) is 23.9 Å². The first-order valence-electron chi connectivity index (χ1n) is 8.49. The standard InChI is InChI=1S/C16H27N3O4S2/c1-5-13(10(2)3)18-16(20)12-8-25(21,22)9-14(12)17-7-11-6-15(23-4)19-24-11/h6,10,12-14,17H,5,7-9H2,1-4H3,(H,18,20)/t12-,13?,14-/m1/s1. The van der Waals surface area contributed by atoms with Gasteiger partial charge in [-0.1, -0.05) is 20.8 Å². The smallest absolute Gasteiger partial charge is 0.225 e. The van der Waals surface area contributed by atoms with E-state index in [1.807, 2.05) is 26.8 Å². The summed E-state index contributed by atoms with van der Waals surface area (Å²) in [6, 6.07) is 1.48. The van der Waals surface area contributed by atoms with E-state index in [1.54, 1.807) is 7.11 Å². The summed E-state index contributed by atoms with van der Waals surface area (Å²) < 4.78 is 33.3. The first-order chi connectivity index (χ1) is 11.8. The minimum Gasteiger partial charge on any atom is -0.480 e. The van der Waals surface area contributed by atoms with E-state index in [0.717, 1.165) is 11.3 Å². The van der Waals surface area contributed by atoms with Gasteiger partial charge in [0.2, 0.25) is 11.8 Å². The fourth-order valence-electron chi connectivity index (χ4n) is 3.04. The van der Waals surface area contributed by atoms with E-state index in [9.17, 15) is 13.2 Å². The van der Waals surface area contributed by atoms with Crippen LogP contribution in [0.1, 0.15) is 32.1 Å². The second kappa shape index (κ2) is 8.46. The second-order valence-corrected chi connectivity index (χ2v) is 9.82. The zero-order chi connectivity index (χ0) is 18.6. The molecule has 2 N–H and O–H groups in total. The van der Waals surface area contributed by atoms with Crippen LogP contribution in [-0.2, 0) is 21.2 Å². The first-order valence-corrected chi connectivity index (χ1v) is 11.1. The number of nitrogens with one attached hydrogen (secondary N) is 2. The predicted molar refractivity (Wildman–Crippen MR) is 98.5 cm³/mol. The van der Waals surface area contributed by atoms with Gasteiger partial charge < -0.3 is 15.4 Å². The summed E-state index contributed by atoms with van der Waals surface area (Å²) in [4.78, 5) is 13.6. The molecule has 9 heteroatoms. The summed E-state index contributed by atoms with van der Waals surface area (Å²) in [5.74, 6) is -0.00852. The number of methoxy groups -OCH3 is 1. The fourth-order valence-corrected chi connectivity index (χ4v) is 5.64. The number of aromatic nitrogens is 1. The predicted octanol–water partition coefficient (Wildman–Crippen LogP) is 1.21. The normalized spacial score (nSPS) is 23.6. The molecule has 0 radical (unpaired) electrons. The van der Waals surface area contributed by atoms with Crippen molar-refractivity contribution in [2.75, 3.05) is 18.6 Å². The molecule has 25 heavy (non-hydrogen) atoms. The zero-order valence-electron chi connectivity index (χ0n) is 15.1. The highest BCUT2D eigenvalue weighted by atomic mass is 32.2. The molecule has 1 amide bonds. The molecule has 0 aromatic carbocycles. The van der Waals surface area contributed by atoms with Gasteiger partial charge in [-0.25, -0.2) is 8.42 Å². The summed E-state index contributed by atoms with van der Waals surface area (Å²) in [5, 5.41) is 6.23. The van der Waals surface area contributed by atoms with E-state index in [-0.39, 0.29) is 29.5 Å². The Kier molecular flexibility index (Phi) is 6.81. The number of nitrogens with zero attached hydrogens (tertiary/aromatic N) is 1. The van der Waals surface area contributed by atoms with E-state index < -0.39 is 15.8 Å². The highest BCUT2D eigenvalue weighted by Gasteiger charge is 2.42. The molecular formula is C16H27N3O4S2. The van der Waals surface area contributed by atoms with Crippen LogP contribution in [0.25, 0.3) is 0 Å². The average Bonchev–Trinajstić information content (AvgIpc) is 3.13. The number of ether oxygens (including phenoxy) is 1. The Hall–Kier alpha value is -1.19. The maximum Gasteiger partial charge on any atom is 0.225 e. The Morgan fingerprint density at radius 2 is 2.16 bits per heavy atom. The van der Waals surface area contributed by atoms with Crippen molar-refractivity contribution in [3.8, 4) is 5.88 Å². The van der Waals surface area contributed by atoms with Crippen LogP contribution >= 0.6 is 11.5 Å². The maximum absolute atomic E-state index is 12.6. The lowest BCUT2D eigenvalue weighted by atomic mass is 9.98. The third-order valence-corrected chi connectivity index (χ3v) is 7.05. The summed E-state index contributed by atoms with van der Waals surface area (Å²) in [6.45, 7) is 6.58. The lowest BCUT2D eigenvalue weighted by Gasteiger charge is -2.25. The van der Waals surface area contributed by atoms with Crippen molar-refractivity contribution in [2.45, 2.75) is 45.8 Å². The lowest BCUT2D eigenvalue weighted by Crippen LogP contribution is -2.47. The number of sulfone groups is 1. The van der Waals surface area contributed by atoms with Crippen LogP contribution in [-0.4, -0.2) is 49.4 Å². The highest BCUT2D eigenvalue weighted by molar-refractivity contribution is 7.91. The van der Waals surface area contributed by atoms with Gasteiger partial charge in [-0.3, -0.25) is 4.79 Å². The van der Waals surface area contributed by atoms with Crippen LogP contribution in [0.15, 0.2) is 6.07 Å². The molecule has 142 valence electrons. The maximum atomic E-state index is 12.6. The molecule has 1 unspecified atom stereocenters. The minimum absolute atomic E-state index is 0.0144. The molecule has 2 heterocycles. The van der Waals surface area contributed by atoms with Crippen molar-refractivity contribution in [2.24, 2.45) is 11.8 Å². The summed E-state index contributed by atoms with van der Waals surface area (Å²) >= 11 is 1.30. The molecule has 0 spiro atoms. The molecule has 1 fully saturated rings. The molecule has 7 nitrogen and oxygen atoms in total. The molecule has 3 atom stereocenters. The summed E-state index contributed by atoms with van der Waals surface area (Å²) in [6.07, 6.45) is 0.821. The van der Waals surface area contributed by atoms with E-state index in [4.69, 9.17) is 4.74 Å². The Labute approximate surface area is 153 Å². The highest BCUT2D eigenvalue weighted by Crippen LogP contribution is 2.22. The van der Waals surface area contributed by atoms with Gasteiger partial charge in [-0.2, -0.15) is 4.37 Å². The molecule has 1 aromatic heterocycles. The Bertz CT molecular complexity index is 687. The zero-order valence-corrected chi connectivity index (χ0v) is 16.7. The quantitative estimate of drug-likeness (QED) is 0.693. The molecular weight excluding hydrogens is 362 g/mol. The van der Waals surface area contributed by atoms with E-state index in [1.165, 1.54) is 11.5 Å². The van der Waals surface area contributed by atoms with Crippen molar-refractivity contribution in [1.29, 1.82) is 0 Å². The van der Waals surface area contributed by atoms with Gasteiger partial charge in [-0.15, -0.1) is 0 Å². The monoisotopic (exact) mass is 389 g/mol. The van der Waals surface area contributed by atoms with Gasteiger partial charge in [0, 0.05) is 29.6 Å². The largest absolute Gasteiger partial charge is 0.480 e. The molecule has 1 aromatic rings. The van der Waals surface area contributed by atoms with Gasteiger partial charge in [0.25, 0.3) is 0 Å². The van der Waals surface area contributed by atoms with Crippen LogP contribution < -0.4 is 15.4 Å². The van der Waals surface area contributed by atoms with E-state index in [0.29, 0.717) is 18.3 Å². The number of carbonyl (C=O) groups is 1. The number of hydrogen-bond donors (Lipinski definition) is 2. The minimum atomic E-state index is -3.22. The topological polar surface area (TPSA) is 97.4 Å². The van der Waals surface area contributed by atoms with E-state index >= 15 is 0 Å². The van der Waals surface area contributed by atoms with Crippen molar-refractivity contribution >= 4 is 27.3 Å². The molecule has 0 bridgehead atoms. The van der Waals surface area contributed by atoms with E-state index in [2.05, 4.69) is 15.0 Å². The van der Waals surface area contributed by atoms with Crippen LogP contribution in [0.4, 0.5) is 0 Å². The number of rotatable bonds is 8. The van der Waals surface area contributed by atoms with Gasteiger partial charge in [0.05, 0.1) is 24.5 Å². The third kappa shape index (κ3) is 5.39. The summed E-state index contributed by atoms with van der Waals surface area (Å²) in [5.41, 5.74) is 0. The Morgan fingerprint density at radius 3 is 2.72 bits per heavy atom. The van der Waals surface area contributed by atoms with Gasteiger partial charge in [0.15, 0.2) is 9.84 Å². The van der Waals surface area contributed by atoms with Crippen LogP contribution in [0.5, 0.6) is 5.88 Å². The number of amides is 1. The molecule has 2 rings (SSSR count). The lowest BCUT2D eigenvalue weighted by molar-refractivity contribution is -0.125. The van der Waals surface area contributed by atoms with Crippen molar-refractivity contribution in [3.63, 3.8) is 0 Å². The molecule has 0 saturated carbocycles. The average molecular weight is 390 g/mol. The Morgan fingerprint density at radius 1 is 1.44 bits per heavy atom. The van der Waals surface area contributed by atoms with Crippen molar-refractivity contribution in [3.05, 3.63) is 10.9 Å². The third-order valence-electron chi connectivity index (χ3n) is 4.55. The Balaban J connectivity index is 2.02. The molecule has 0 aliphatic carbocycles. The van der Waals surface area contributed by atoms with Crippen LogP contribution in [0.3, 0.4) is 0 Å². The van der Waals surface area contributed by atoms with Crippen molar-refractivity contribution in [1.82, 2.24) is 15.0 Å².